The van der Waals surface area contributed by atoms with E-state index in [0.29, 0.717) is 5.23 Å². The van der Waals surface area contributed by atoms with E-state index in [1.165, 1.54) is 19.4 Å². The van der Waals surface area contributed by atoms with Gasteiger partial charge in [-0.25, -0.2) is 14.6 Å². The van der Waals surface area contributed by atoms with Gasteiger partial charge in [-0.15, -0.1) is 11.3 Å². The number of nitrogens with two attached hydrogens (primary N) is 1. The van der Waals surface area contributed by atoms with Gasteiger partial charge in [-0.3, -0.25) is 14.4 Å². The Balaban J connectivity index is 1.65. The Hall–Kier alpha value is -3.26. The molecule has 3 heterocycles. The number of hydrogen-bond acceptors (Lipinski definition) is 12. The molecule has 29 heavy (non-hydrogen) atoms. The first-order valence-corrected chi connectivity index (χ1v) is 9.23. The molecule has 13 nitrogen and oxygen atoms in total. The van der Waals surface area contributed by atoms with Crippen LogP contribution in [-0.4, -0.2) is 65.0 Å². The molecule has 1 unspecified atom stereocenters. The number of nitrogen functional groups attached to an aromatic ring is 1. The molecular formula is C15H17N5O8S. The quantitative estimate of drug-likeness (QED) is 0.322. The number of amides is 2. The van der Waals surface area contributed by atoms with Gasteiger partial charge in [0.05, 0.1) is 0 Å². The normalized spacial score (nSPS) is 24.4. The highest BCUT2D eigenvalue weighted by Crippen LogP contribution is 2.20. The van der Waals surface area contributed by atoms with Crippen molar-refractivity contribution in [3.63, 3.8) is 0 Å². The molecule has 2 saturated heterocycles. The number of oxime groups is 1. The van der Waals surface area contributed by atoms with Gasteiger partial charge in [0.25, 0.3) is 5.91 Å². The lowest BCUT2D eigenvalue weighted by atomic mass is 10.1. The van der Waals surface area contributed by atoms with Crippen molar-refractivity contribution in [1.29, 1.82) is 0 Å². The lowest BCUT2D eigenvalue weighted by Gasteiger charge is -2.15. The van der Waals surface area contributed by atoms with E-state index >= 15 is 0 Å². The van der Waals surface area contributed by atoms with Crippen LogP contribution in [-0.2, 0) is 38.4 Å². The maximum absolute atomic E-state index is 12.6. The van der Waals surface area contributed by atoms with Gasteiger partial charge < -0.3 is 25.5 Å². The number of nitrogens with zero attached hydrogens (tertiary/aromatic N) is 3. The van der Waals surface area contributed by atoms with Crippen molar-refractivity contribution in [1.82, 2.24) is 15.5 Å². The summed E-state index contributed by atoms with van der Waals surface area (Å²) < 4.78 is 4.77. The molecule has 1 aromatic heterocycles. The zero-order chi connectivity index (χ0) is 21.1. The summed E-state index contributed by atoms with van der Waals surface area (Å²) in [6, 6.07) is -1.18. The van der Waals surface area contributed by atoms with Gasteiger partial charge in [0, 0.05) is 18.2 Å². The molecule has 2 fully saturated rings. The van der Waals surface area contributed by atoms with Gasteiger partial charge in [0.1, 0.15) is 24.9 Å². The summed E-state index contributed by atoms with van der Waals surface area (Å²) in [7, 11) is 1.24. The maximum Gasteiger partial charge on any atom is 0.375 e. The second kappa shape index (κ2) is 8.40. The molecular weight excluding hydrogens is 410 g/mol. The van der Waals surface area contributed by atoms with E-state index in [4.69, 9.17) is 20.1 Å². The molecule has 0 spiro atoms. The largest absolute Gasteiger partial charge is 0.450 e. The van der Waals surface area contributed by atoms with Crippen molar-refractivity contribution < 1.29 is 38.4 Å². The predicted octanol–water partition coefficient (Wildman–Crippen LogP) is -1.11. The SMILES string of the molecule is CON=C(C(=O)N[C@@H]1C(=O)N(OC(=O)C2CCC(=O)O2)O[C@H]1C)c1csc(N)n1. The third kappa shape index (κ3) is 4.43. The van der Waals surface area contributed by atoms with Crippen LogP contribution in [0.15, 0.2) is 10.5 Å². The van der Waals surface area contributed by atoms with Crippen LogP contribution >= 0.6 is 11.3 Å². The van der Waals surface area contributed by atoms with E-state index < -0.39 is 42.0 Å². The Morgan fingerprint density at radius 2 is 2.21 bits per heavy atom. The van der Waals surface area contributed by atoms with Crippen molar-refractivity contribution in [2.75, 3.05) is 12.8 Å². The van der Waals surface area contributed by atoms with Crippen LogP contribution in [0, 0.1) is 0 Å². The van der Waals surface area contributed by atoms with E-state index in [-0.39, 0.29) is 29.4 Å². The zero-order valence-corrected chi connectivity index (χ0v) is 16.1. The van der Waals surface area contributed by atoms with E-state index in [0.717, 1.165) is 11.3 Å². The number of carbonyl (C=O) groups is 4. The third-order valence-electron chi connectivity index (χ3n) is 3.95. The van der Waals surface area contributed by atoms with Crippen LogP contribution in [0.2, 0.25) is 0 Å². The first kappa shape index (κ1) is 20.5. The van der Waals surface area contributed by atoms with E-state index in [9.17, 15) is 19.2 Å². The van der Waals surface area contributed by atoms with Crippen molar-refractivity contribution in [2.45, 2.75) is 38.0 Å². The Morgan fingerprint density at radius 1 is 1.45 bits per heavy atom. The topological polar surface area (TPSA) is 172 Å². The lowest BCUT2D eigenvalue weighted by molar-refractivity contribution is -0.317. The van der Waals surface area contributed by atoms with Gasteiger partial charge in [0.2, 0.25) is 6.10 Å². The highest BCUT2D eigenvalue weighted by molar-refractivity contribution is 7.13. The van der Waals surface area contributed by atoms with Crippen molar-refractivity contribution >= 4 is 45.9 Å². The number of esters is 1. The van der Waals surface area contributed by atoms with Crippen molar-refractivity contribution in [3.05, 3.63) is 11.1 Å². The average molecular weight is 427 g/mol. The first-order chi connectivity index (χ1) is 13.8. The van der Waals surface area contributed by atoms with Crippen LogP contribution in [0.4, 0.5) is 5.13 Å². The minimum Gasteiger partial charge on any atom is -0.450 e. The second-order valence-electron chi connectivity index (χ2n) is 5.98. The average Bonchev–Trinajstić information content (AvgIpc) is 3.36. The summed E-state index contributed by atoms with van der Waals surface area (Å²) in [5.74, 6) is -3.10. The van der Waals surface area contributed by atoms with E-state index in [1.54, 1.807) is 0 Å². The number of anilines is 1. The molecule has 3 atom stereocenters. The minimum absolute atomic E-state index is 0.0758. The molecule has 2 amide bonds. The lowest BCUT2D eigenvalue weighted by Crippen LogP contribution is -2.48. The standard InChI is InChI=1S/C15H17N5O8S/c1-6-10(18-12(22)11(19-25-2)7-5-29-15(16)17-7)13(23)20(27-6)28-14(24)8-3-4-9(21)26-8/h5-6,8,10H,3-4H2,1-2H3,(H2,16,17)(H,18,22)/t6-,8?,10-/m0/s1. The fourth-order valence-corrected chi connectivity index (χ4v) is 3.11. The number of carbonyl (C=O) groups excluding carboxylic acids is 4. The summed E-state index contributed by atoms with van der Waals surface area (Å²) >= 11 is 1.10. The summed E-state index contributed by atoms with van der Waals surface area (Å²) in [5, 5.41) is 8.13. The van der Waals surface area contributed by atoms with E-state index in [1.807, 2.05) is 0 Å². The number of ether oxygens (including phenoxy) is 1. The molecule has 3 N–H and O–H groups in total. The van der Waals surface area contributed by atoms with E-state index in [2.05, 4.69) is 20.3 Å². The minimum atomic E-state index is -1.18. The van der Waals surface area contributed by atoms with Gasteiger partial charge >= 0.3 is 17.8 Å². The number of hydroxylamine groups is 2. The highest BCUT2D eigenvalue weighted by atomic mass is 32.1. The smallest absolute Gasteiger partial charge is 0.375 e. The monoisotopic (exact) mass is 427 g/mol. The first-order valence-electron chi connectivity index (χ1n) is 8.35. The van der Waals surface area contributed by atoms with Crippen LogP contribution in [0.3, 0.4) is 0 Å². The molecule has 3 rings (SSSR count). The third-order valence-corrected chi connectivity index (χ3v) is 4.62. The Kier molecular flexibility index (Phi) is 5.93. The summed E-state index contributed by atoms with van der Waals surface area (Å²) in [6.07, 6.45) is -1.76. The number of nitrogens with one attached hydrogen (secondary N) is 1. The fraction of sp³-hybridized carbons (Fsp3) is 0.467. The van der Waals surface area contributed by atoms with Crippen molar-refractivity contribution in [3.8, 4) is 0 Å². The summed E-state index contributed by atoms with van der Waals surface area (Å²) in [4.78, 5) is 66.8. The van der Waals surface area contributed by atoms with Gasteiger partial charge in [-0.2, -0.15) is 0 Å². The molecule has 2 aliphatic rings. The summed E-state index contributed by atoms with van der Waals surface area (Å²) in [5.41, 5.74) is 5.53. The maximum atomic E-state index is 12.6. The predicted molar refractivity (Wildman–Crippen MR) is 94.6 cm³/mol. The van der Waals surface area contributed by atoms with Gasteiger partial charge in [-0.1, -0.05) is 5.16 Å². The Labute approximate surface area is 167 Å². The molecule has 0 radical (unpaired) electrons. The van der Waals surface area contributed by atoms with Crippen LogP contribution in [0.1, 0.15) is 25.5 Å². The number of thiazole rings is 1. The highest BCUT2D eigenvalue weighted by Gasteiger charge is 2.45. The molecule has 0 aliphatic carbocycles. The molecule has 1 aromatic rings. The van der Waals surface area contributed by atoms with Crippen LogP contribution < -0.4 is 11.1 Å². The number of aromatic nitrogens is 1. The molecule has 14 heteroatoms. The molecule has 0 aromatic carbocycles. The molecule has 2 aliphatic heterocycles. The molecule has 0 saturated carbocycles. The molecule has 156 valence electrons. The van der Waals surface area contributed by atoms with Gasteiger partial charge in [-0.05, 0) is 12.2 Å². The van der Waals surface area contributed by atoms with Crippen LogP contribution in [0.5, 0.6) is 0 Å². The Bertz CT molecular complexity index is 871. The fourth-order valence-electron chi connectivity index (χ4n) is 2.56. The van der Waals surface area contributed by atoms with Crippen molar-refractivity contribution in [2.24, 2.45) is 5.16 Å². The number of cyclic esters (lactones) is 1. The molecule has 0 bridgehead atoms. The van der Waals surface area contributed by atoms with Gasteiger partial charge in [0.15, 0.2) is 10.8 Å². The zero-order valence-electron chi connectivity index (χ0n) is 15.3. The number of rotatable bonds is 6. The number of hydrogen-bond donors (Lipinski definition) is 2. The summed E-state index contributed by atoms with van der Waals surface area (Å²) in [6.45, 7) is 1.49. The van der Waals surface area contributed by atoms with Crippen LogP contribution in [0.25, 0.3) is 0 Å². The Morgan fingerprint density at radius 3 is 2.79 bits per heavy atom. The second-order valence-corrected chi connectivity index (χ2v) is 6.87.